The van der Waals surface area contributed by atoms with Crippen LogP contribution in [0.1, 0.15) is 13.8 Å². The van der Waals surface area contributed by atoms with Gasteiger partial charge < -0.3 is 5.73 Å². The number of anilines is 1. The molecule has 15 heavy (non-hydrogen) atoms. The summed E-state index contributed by atoms with van der Waals surface area (Å²) in [6.07, 6.45) is 5.24. The molecule has 0 radical (unpaired) electrons. The number of hydrogen-bond acceptors (Lipinski definition) is 4. The average molecular weight is 203 g/mol. The minimum atomic E-state index is 0.475. The van der Waals surface area contributed by atoms with E-state index in [0.29, 0.717) is 12.4 Å². The third kappa shape index (κ3) is 1.81. The molecule has 0 fully saturated rings. The van der Waals surface area contributed by atoms with E-state index in [1.165, 1.54) is 11.9 Å². The largest absolute Gasteiger partial charge is 0.383 e. The minimum Gasteiger partial charge on any atom is -0.383 e. The van der Waals surface area contributed by atoms with Gasteiger partial charge in [-0.2, -0.15) is 5.10 Å². The molecule has 2 N–H and O–H groups in total. The molecule has 0 atom stereocenters. The van der Waals surface area contributed by atoms with Crippen LogP contribution in [0.3, 0.4) is 0 Å². The zero-order valence-corrected chi connectivity index (χ0v) is 8.81. The number of rotatable bonds is 2. The maximum atomic E-state index is 5.71. The Kier molecular flexibility index (Phi) is 2.37. The summed E-state index contributed by atoms with van der Waals surface area (Å²) >= 11 is 0. The molecule has 2 aromatic heterocycles. The predicted octanol–water partition coefficient (Wildman–Crippen LogP) is 1.37. The van der Waals surface area contributed by atoms with Crippen molar-refractivity contribution in [2.75, 3.05) is 5.73 Å². The molecule has 0 aliphatic rings. The molecule has 0 saturated heterocycles. The normalized spacial score (nSPS) is 10.5. The lowest BCUT2D eigenvalue weighted by atomic mass is 10.3. The van der Waals surface area contributed by atoms with Gasteiger partial charge in [-0.05, 0) is 13.8 Å². The van der Waals surface area contributed by atoms with Crippen LogP contribution in [0.2, 0.25) is 0 Å². The second-order valence-electron chi connectivity index (χ2n) is 3.60. The first-order valence-corrected chi connectivity index (χ1v) is 4.74. The van der Waals surface area contributed by atoms with Gasteiger partial charge >= 0.3 is 0 Å². The van der Waals surface area contributed by atoms with Gasteiger partial charge in [-0.3, -0.25) is 0 Å². The van der Waals surface area contributed by atoms with E-state index in [9.17, 15) is 0 Å². The summed E-state index contributed by atoms with van der Waals surface area (Å²) in [5.74, 6) is 0.475. The monoisotopic (exact) mass is 203 g/mol. The fourth-order valence-corrected chi connectivity index (χ4v) is 1.31. The topological polar surface area (TPSA) is 69.6 Å². The van der Waals surface area contributed by atoms with E-state index in [4.69, 9.17) is 5.73 Å². The summed E-state index contributed by atoms with van der Waals surface area (Å²) in [7, 11) is 0. The fraction of sp³-hybridized carbons (Fsp3) is 0.300. The zero-order chi connectivity index (χ0) is 10.8. The molecule has 78 valence electrons. The maximum absolute atomic E-state index is 5.71. The van der Waals surface area contributed by atoms with Crippen molar-refractivity contribution in [2.24, 2.45) is 0 Å². The molecule has 5 nitrogen and oxygen atoms in total. The second kappa shape index (κ2) is 3.68. The highest BCUT2D eigenvalue weighted by molar-refractivity contribution is 5.84. The molecular weight excluding hydrogens is 190 g/mol. The molecule has 0 aromatic carbocycles. The van der Waals surface area contributed by atoms with Gasteiger partial charge in [0, 0.05) is 0 Å². The Morgan fingerprint density at radius 3 is 3.00 bits per heavy atom. The molecule has 2 rings (SSSR count). The number of nitrogens with two attached hydrogens (primary N) is 1. The van der Waals surface area contributed by atoms with Crippen molar-refractivity contribution in [1.82, 2.24) is 19.7 Å². The second-order valence-corrected chi connectivity index (χ2v) is 3.60. The molecule has 0 bridgehead atoms. The van der Waals surface area contributed by atoms with Crippen molar-refractivity contribution in [3.8, 4) is 0 Å². The lowest BCUT2D eigenvalue weighted by Gasteiger charge is -1.99. The lowest BCUT2D eigenvalue weighted by Crippen LogP contribution is -2.00. The van der Waals surface area contributed by atoms with Crippen molar-refractivity contribution >= 4 is 16.9 Å². The van der Waals surface area contributed by atoms with E-state index in [2.05, 4.69) is 35.0 Å². The van der Waals surface area contributed by atoms with E-state index >= 15 is 0 Å². The van der Waals surface area contributed by atoms with Crippen LogP contribution in [-0.2, 0) is 6.54 Å². The highest BCUT2D eigenvalue weighted by Gasteiger charge is 2.05. The van der Waals surface area contributed by atoms with E-state index in [1.807, 2.05) is 0 Å². The molecular formula is C10H13N5. The van der Waals surface area contributed by atoms with Gasteiger partial charge in [0.05, 0.1) is 18.1 Å². The number of hydrogen-bond donors (Lipinski definition) is 1. The van der Waals surface area contributed by atoms with Crippen LogP contribution in [0.15, 0.2) is 24.2 Å². The fourth-order valence-electron chi connectivity index (χ4n) is 1.31. The molecule has 0 aliphatic carbocycles. The number of aromatic nitrogens is 4. The first kappa shape index (κ1) is 9.64. The van der Waals surface area contributed by atoms with Crippen LogP contribution in [0.5, 0.6) is 0 Å². The van der Waals surface area contributed by atoms with Crippen LogP contribution in [0, 0.1) is 0 Å². The minimum absolute atomic E-state index is 0.475. The van der Waals surface area contributed by atoms with Crippen LogP contribution >= 0.6 is 0 Å². The van der Waals surface area contributed by atoms with Gasteiger partial charge in [-0.1, -0.05) is 11.6 Å². The molecule has 0 spiro atoms. The van der Waals surface area contributed by atoms with Gasteiger partial charge in [0.15, 0.2) is 5.65 Å². The van der Waals surface area contributed by atoms with E-state index in [-0.39, 0.29) is 0 Å². The first-order chi connectivity index (χ1) is 7.18. The summed E-state index contributed by atoms with van der Waals surface area (Å²) < 4.78 is 1.81. The highest BCUT2D eigenvalue weighted by Crippen LogP contribution is 2.15. The Bertz CT molecular complexity index is 508. The van der Waals surface area contributed by atoms with Crippen molar-refractivity contribution in [1.29, 1.82) is 0 Å². The molecule has 0 unspecified atom stereocenters. The molecule has 2 heterocycles. The Hall–Kier alpha value is -1.91. The smallest absolute Gasteiger partial charge is 0.163 e. The average Bonchev–Trinajstić information content (AvgIpc) is 2.59. The van der Waals surface area contributed by atoms with Gasteiger partial charge in [0.25, 0.3) is 0 Å². The van der Waals surface area contributed by atoms with Crippen molar-refractivity contribution in [2.45, 2.75) is 20.4 Å². The van der Waals surface area contributed by atoms with E-state index < -0.39 is 0 Å². The van der Waals surface area contributed by atoms with Crippen LogP contribution in [0.4, 0.5) is 5.82 Å². The molecule has 2 aromatic rings. The zero-order valence-electron chi connectivity index (χ0n) is 8.81. The third-order valence-electron chi connectivity index (χ3n) is 2.14. The number of nitrogens with zero attached hydrogens (tertiary/aromatic N) is 4. The van der Waals surface area contributed by atoms with Gasteiger partial charge in [0.1, 0.15) is 12.1 Å². The summed E-state index contributed by atoms with van der Waals surface area (Å²) in [5.41, 5.74) is 7.73. The van der Waals surface area contributed by atoms with Crippen molar-refractivity contribution < 1.29 is 0 Å². The molecule has 5 heteroatoms. The van der Waals surface area contributed by atoms with Gasteiger partial charge in [-0.25, -0.2) is 14.6 Å². The SMILES string of the molecule is CC(C)=CCn1ncc2c(N)ncnc21. The third-order valence-corrected chi connectivity index (χ3v) is 2.14. The lowest BCUT2D eigenvalue weighted by molar-refractivity contribution is 0.716. The van der Waals surface area contributed by atoms with E-state index in [1.54, 1.807) is 10.9 Å². The summed E-state index contributed by atoms with van der Waals surface area (Å²) in [5, 5.41) is 5.02. The summed E-state index contributed by atoms with van der Waals surface area (Å²) in [6.45, 7) is 4.81. The highest BCUT2D eigenvalue weighted by atomic mass is 15.3. The molecule has 0 saturated carbocycles. The van der Waals surface area contributed by atoms with Gasteiger partial charge in [0.2, 0.25) is 0 Å². The quantitative estimate of drug-likeness (QED) is 0.748. The maximum Gasteiger partial charge on any atom is 0.163 e. The van der Waals surface area contributed by atoms with Gasteiger partial charge in [-0.15, -0.1) is 0 Å². The van der Waals surface area contributed by atoms with Crippen LogP contribution < -0.4 is 5.73 Å². The Balaban J connectivity index is 2.45. The van der Waals surface area contributed by atoms with Crippen molar-refractivity contribution in [3.05, 3.63) is 24.2 Å². The molecule has 0 amide bonds. The summed E-state index contributed by atoms with van der Waals surface area (Å²) in [4.78, 5) is 8.07. The number of fused-ring (bicyclic) bond motifs is 1. The number of nitrogen functional groups attached to an aromatic ring is 1. The first-order valence-electron chi connectivity index (χ1n) is 4.74. The predicted molar refractivity (Wildman–Crippen MR) is 59.2 cm³/mol. The van der Waals surface area contributed by atoms with Crippen LogP contribution in [-0.4, -0.2) is 19.7 Å². The summed E-state index contributed by atoms with van der Waals surface area (Å²) in [6, 6.07) is 0. The Morgan fingerprint density at radius 1 is 1.47 bits per heavy atom. The molecule has 0 aliphatic heterocycles. The van der Waals surface area contributed by atoms with Crippen LogP contribution in [0.25, 0.3) is 11.0 Å². The Morgan fingerprint density at radius 2 is 2.27 bits per heavy atom. The van der Waals surface area contributed by atoms with E-state index in [0.717, 1.165) is 11.0 Å². The van der Waals surface area contributed by atoms with Crippen molar-refractivity contribution in [3.63, 3.8) is 0 Å². The number of allylic oxidation sites excluding steroid dienone is 2. The standard InChI is InChI=1S/C10H13N5/c1-7(2)3-4-15-10-8(5-14-15)9(11)12-6-13-10/h3,5-6H,4H2,1-2H3,(H2,11,12,13). The Labute approximate surface area is 87.6 Å².